The van der Waals surface area contributed by atoms with Crippen molar-refractivity contribution in [3.05, 3.63) is 41.5 Å². The molecular weight excluding hydrogens is 263 g/mol. The summed E-state index contributed by atoms with van der Waals surface area (Å²) in [6, 6.07) is 3.36. The molecule has 0 aliphatic heterocycles. The highest BCUT2D eigenvalue weighted by Crippen LogP contribution is 2.34. The first kappa shape index (κ1) is 14.7. The monoisotopic (exact) mass is 273 g/mol. The van der Waals surface area contributed by atoms with Gasteiger partial charge >= 0.3 is 12.1 Å². The van der Waals surface area contributed by atoms with Crippen LogP contribution in [-0.2, 0) is 15.8 Å². The Kier molecular flexibility index (Phi) is 4.31. The zero-order valence-electron chi connectivity index (χ0n) is 9.78. The Morgan fingerprint density at radius 1 is 1.26 bits per heavy atom. The number of hydrogen-bond donors (Lipinski definition) is 2. The van der Waals surface area contributed by atoms with Gasteiger partial charge in [0, 0.05) is 17.8 Å². The molecule has 19 heavy (non-hydrogen) atoms. The van der Waals surface area contributed by atoms with Gasteiger partial charge in [-0.05, 0) is 24.6 Å². The third-order valence-corrected chi connectivity index (χ3v) is 2.27. The molecule has 0 bridgehead atoms. The summed E-state index contributed by atoms with van der Waals surface area (Å²) in [6.07, 6.45) is -3.19. The Bertz CT molecular complexity index is 536. The lowest BCUT2D eigenvalue weighted by Gasteiger charge is -2.13. The first-order valence-electron chi connectivity index (χ1n) is 5.10. The zero-order valence-corrected chi connectivity index (χ0v) is 9.78. The lowest BCUT2D eigenvalue weighted by atomic mass is 10.1. The third-order valence-electron chi connectivity index (χ3n) is 2.27. The number of carbonyl (C=O) groups is 2. The van der Waals surface area contributed by atoms with Crippen LogP contribution in [0.3, 0.4) is 0 Å². The predicted molar refractivity (Wildman–Crippen MR) is 61.6 cm³/mol. The van der Waals surface area contributed by atoms with Crippen molar-refractivity contribution < 1.29 is 27.9 Å². The molecule has 0 saturated heterocycles. The van der Waals surface area contributed by atoms with E-state index in [0.717, 1.165) is 18.2 Å². The average molecular weight is 273 g/mol. The van der Waals surface area contributed by atoms with Gasteiger partial charge in [-0.15, -0.1) is 0 Å². The second-order valence-corrected chi connectivity index (χ2v) is 3.64. The van der Waals surface area contributed by atoms with Crippen molar-refractivity contribution in [3.63, 3.8) is 0 Å². The normalized spacial score (nSPS) is 11.6. The fourth-order valence-corrected chi connectivity index (χ4v) is 1.40. The second-order valence-electron chi connectivity index (χ2n) is 3.64. The molecule has 1 rings (SSSR count). The summed E-state index contributed by atoms with van der Waals surface area (Å²) in [5.74, 6) is -2.14. The van der Waals surface area contributed by atoms with Crippen LogP contribution in [0.2, 0.25) is 0 Å². The highest BCUT2D eigenvalue weighted by Gasteiger charge is 2.32. The van der Waals surface area contributed by atoms with Crippen LogP contribution < -0.4 is 5.32 Å². The third kappa shape index (κ3) is 4.13. The molecule has 1 aromatic carbocycles. The van der Waals surface area contributed by atoms with E-state index in [-0.39, 0.29) is 11.3 Å². The van der Waals surface area contributed by atoms with Gasteiger partial charge in [-0.2, -0.15) is 13.2 Å². The Balaban J connectivity index is 2.98. The van der Waals surface area contributed by atoms with Crippen molar-refractivity contribution in [2.45, 2.75) is 13.1 Å². The molecule has 0 atom stereocenters. The number of hydrogen-bond acceptors (Lipinski definition) is 2. The van der Waals surface area contributed by atoms with Gasteiger partial charge in [0.15, 0.2) is 0 Å². The summed E-state index contributed by atoms with van der Waals surface area (Å²) >= 11 is 0. The SMILES string of the molecule is Cc1c(NC(=O)/C=C/C(=O)O)cccc1C(F)(F)F. The van der Waals surface area contributed by atoms with Crippen molar-refractivity contribution in [1.82, 2.24) is 0 Å². The highest BCUT2D eigenvalue weighted by molar-refractivity contribution is 6.02. The van der Waals surface area contributed by atoms with Crippen LogP contribution in [0.1, 0.15) is 11.1 Å². The molecule has 0 spiro atoms. The van der Waals surface area contributed by atoms with E-state index in [9.17, 15) is 22.8 Å². The molecule has 1 aromatic rings. The summed E-state index contributed by atoms with van der Waals surface area (Å²) in [4.78, 5) is 21.5. The van der Waals surface area contributed by atoms with E-state index in [4.69, 9.17) is 5.11 Å². The first-order chi connectivity index (χ1) is 8.71. The van der Waals surface area contributed by atoms with Gasteiger partial charge in [0.05, 0.1) is 5.56 Å². The first-order valence-corrected chi connectivity index (χ1v) is 5.10. The molecule has 0 aliphatic rings. The van der Waals surface area contributed by atoms with Crippen LogP contribution in [0, 0.1) is 6.92 Å². The van der Waals surface area contributed by atoms with Crippen molar-refractivity contribution in [2.75, 3.05) is 5.32 Å². The number of amides is 1. The topological polar surface area (TPSA) is 66.4 Å². The number of benzene rings is 1. The molecule has 0 aromatic heterocycles. The van der Waals surface area contributed by atoms with Crippen LogP contribution in [0.4, 0.5) is 18.9 Å². The van der Waals surface area contributed by atoms with E-state index >= 15 is 0 Å². The number of nitrogens with one attached hydrogen (secondary N) is 1. The fraction of sp³-hybridized carbons (Fsp3) is 0.167. The number of anilines is 1. The van der Waals surface area contributed by atoms with E-state index in [1.54, 1.807) is 0 Å². The molecule has 0 radical (unpaired) electrons. The maximum atomic E-state index is 12.6. The predicted octanol–water partition coefficient (Wildman–Crippen LogP) is 2.59. The molecule has 0 aliphatic carbocycles. The molecule has 0 fully saturated rings. The van der Waals surface area contributed by atoms with E-state index in [1.807, 2.05) is 0 Å². The number of carboxylic acids is 1. The van der Waals surface area contributed by atoms with Gasteiger partial charge in [0.25, 0.3) is 0 Å². The summed E-state index contributed by atoms with van der Waals surface area (Å²) in [5, 5.41) is 10.5. The average Bonchev–Trinajstić information content (AvgIpc) is 2.27. The molecule has 0 unspecified atom stereocenters. The van der Waals surface area contributed by atoms with Crippen molar-refractivity contribution in [1.29, 1.82) is 0 Å². The number of halogens is 3. The maximum absolute atomic E-state index is 12.6. The van der Waals surface area contributed by atoms with Gasteiger partial charge in [-0.25, -0.2) is 4.79 Å². The van der Waals surface area contributed by atoms with E-state index < -0.39 is 23.6 Å². The summed E-state index contributed by atoms with van der Waals surface area (Å²) in [5.41, 5.74) is -1.01. The maximum Gasteiger partial charge on any atom is 0.416 e. The van der Waals surface area contributed by atoms with Crippen molar-refractivity contribution in [3.8, 4) is 0 Å². The van der Waals surface area contributed by atoms with Crippen molar-refractivity contribution >= 4 is 17.6 Å². The molecule has 2 N–H and O–H groups in total. The number of alkyl halides is 3. The van der Waals surface area contributed by atoms with Gasteiger partial charge in [-0.3, -0.25) is 4.79 Å². The minimum atomic E-state index is -4.51. The highest BCUT2D eigenvalue weighted by atomic mass is 19.4. The van der Waals surface area contributed by atoms with E-state index in [2.05, 4.69) is 5.32 Å². The molecule has 1 amide bonds. The Hall–Kier alpha value is -2.31. The van der Waals surface area contributed by atoms with E-state index in [1.165, 1.54) is 13.0 Å². The van der Waals surface area contributed by atoms with Crippen LogP contribution in [0.25, 0.3) is 0 Å². The number of aliphatic carboxylic acids is 1. The Morgan fingerprint density at radius 2 is 1.89 bits per heavy atom. The minimum Gasteiger partial charge on any atom is -0.478 e. The van der Waals surface area contributed by atoms with Crippen LogP contribution in [0.5, 0.6) is 0 Å². The van der Waals surface area contributed by atoms with E-state index in [0.29, 0.717) is 6.08 Å². The summed E-state index contributed by atoms with van der Waals surface area (Å²) in [7, 11) is 0. The largest absolute Gasteiger partial charge is 0.478 e. The molecule has 0 saturated carbocycles. The van der Waals surface area contributed by atoms with Crippen LogP contribution >= 0.6 is 0 Å². The van der Waals surface area contributed by atoms with Crippen molar-refractivity contribution in [2.24, 2.45) is 0 Å². The number of rotatable bonds is 3. The quantitative estimate of drug-likeness (QED) is 0.832. The zero-order chi connectivity index (χ0) is 14.6. The van der Waals surface area contributed by atoms with Crippen LogP contribution in [-0.4, -0.2) is 17.0 Å². The molecule has 4 nitrogen and oxygen atoms in total. The second kappa shape index (κ2) is 5.55. The van der Waals surface area contributed by atoms with Gasteiger partial charge < -0.3 is 10.4 Å². The summed E-state index contributed by atoms with van der Waals surface area (Å²) < 4.78 is 37.8. The van der Waals surface area contributed by atoms with Gasteiger partial charge in [0.2, 0.25) is 5.91 Å². The molecule has 0 heterocycles. The molecular formula is C12H10F3NO3. The Labute approximate surface area is 106 Å². The Morgan fingerprint density at radius 3 is 2.42 bits per heavy atom. The van der Waals surface area contributed by atoms with Gasteiger partial charge in [-0.1, -0.05) is 6.07 Å². The standard InChI is InChI=1S/C12H10F3NO3/c1-7-8(12(13,14)15)3-2-4-9(7)16-10(17)5-6-11(18)19/h2-6H,1H3,(H,16,17)(H,18,19)/b6-5+. The number of carbonyl (C=O) groups excluding carboxylic acids is 1. The lowest BCUT2D eigenvalue weighted by molar-refractivity contribution is -0.138. The fourth-order valence-electron chi connectivity index (χ4n) is 1.40. The smallest absolute Gasteiger partial charge is 0.416 e. The van der Waals surface area contributed by atoms with Gasteiger partial charge in [0.1, 0.15) is 0 Å². The molecule has 7 heteroatoms. The summed E-state index contributed by atoms with van der Waals surface area (Å²) in [6.45, 7) is 1.22. The number of carboxylic acid groups (broad SMARTS) is 1. The van der Waals surface area contributed by atoms with Crippen LogP contribution in [0.15, 0.2) is 30.4 Å². The minimum absolute atomic E-state index is 0.0186. The molecule has 102 valence electrons. The lowest BCUT2D eigenvalue weighted by Crippen LogP contribution is -2.13.